The van der Waals surface area contributed by atoms with Crippen LogP contribution in [0.1, 0.15) is 43.4 Å². The Morgan fingerprint density at radius 2 is 1.59 bits per heavy atom. The summed E-state index contributed by atoms with van der Waals surface area (Å²) >= 11 is 0. The molecule has 1 unspecified atom stereocenters. The quantitative estimate of drug-likeness (QED) is 0.170. The number of nitrogens with one attached hydrogen (secondary N) is 2. The van der Waals surface area contributed by atoms with Gasteiger partial charge in [-0.05, 0) is 18.6 Å². The summed E-state index contributed by atoms with van der Waals surface area (Å²) in [6, 6.07) is 14.7. The number of nitrogens with zero attached hydrogens (tertiary/aromatic N) is 1. The number of carbonyl (C=O) groups excluding carboxylic acids is 2. The van der Waals surface area contributed by atoms with Crippen molar-refractivity contribution in [3.8, 4) is 0 Å². The molecule has 3 N–H and O–H groups in total. The van der Waals surface area contributed by atoms with Crippen LogP contribution in [-0.4, -0.2) is 38.2 Å². The van der Waals surface area contributed by atoms with Crippen molar-refractivity contribution in [3.05, 3.63) is 77.6 Å². The largest absolute Gasteiger partial charge is 0.507 e. The minimum Gasteiger partial charge on any atom is -0.507 e. The number of H-pyrrole nitrogens is 2. The number of aliphatic hydroxyl groups is 1. The highest BCUT2D eigenvalue weighted by atomic mass is 16.3. The van der Waals surface area contributed by atoms with Crippen LogP contribution in [-0.2, 0) is 9.59 Å². The van der Waals surface area contributed by atoms with Gasteiger partial charge in [0.25, 0.3) is 11.7 Å². The van der Waals surface area contributed by atoms with Gasteiger partial charge in [-0.1, -0.05) is 56.2 Å². The highest BCUT2D eigenvalue weighted by Crippen LogP contribution is 2.42. The maximum absolute atomic E-state index is 13.2. The summed E-state index contributed by atoms with van der Waals surface area (Å²) in [6.07, 6.45) is 6.31. The molecule has 0 aliphatic carbocycles. The number of aromatic amines is 2. The highest BCUT2D eigenvalue weighted by Gasteiger charge is 2.46. The summed E-state index contributed by atoms with van der Waals surface area (Å²) in [7, 11) is 0. The van der Waals surface area contributed by atoms with E-state index in [0.717, 1.165) is 46.6 Å². The zero-order chi connectivity index (χ0) is 22.2. The second kappa shape index (κ2) is 8.04. The first kappa shape index (κ1) is 20.1. The fourth-order valence-corrected chi connectivity index (χ4v) is 4.70. The average Bonchev–Trinajstić information content (AvgIpc) is 3.49. The highest BCUT2D eigenvalue weighted by molar-refractivity contribution is 6.46. The predicted octanol–water partition coefficient (Wildman–Crippen LogP) is 5.26. The third-order valence-corrected chi connectivity index (χ3v) is 6.30. The molecule has 0 spiro atoms. The van der Waals surface area contributed by atoms with Crippen molar-refractivity contribution in [1.82, 2.24) is 14.9 Å². The van der Waals surface area contributed by atoms with E-state index >= 15 is 0 Å². The summed E-state index contributed by atoms with van der Waals surface area (Å²) in [5.74, 6) is -1.34. The second-order valence-corrected chi connectivity index (χ2v) is 8.24. The van der Waals surface area contributed by atoms with E-state index in [-0.39, 0.29) is 11.3 Å². The van der Waals surface area contributed by atoms with Gasteiger partial charge < -0.3 is 20.0 Å². The first-order chi connectivity index (χ1) is 15.6. The van der Waals surface area contributed by atoms with Crippen molar-refractivity contribution < 1.29 is 14.7 Å². The van der Waals surface area contributed by atoms with Crippen LogP contribution in [0.2, 0.25) is 0 Å². The smallest absolute Gasteiger partial charge is 0.295 e. The molecule has 6 heteroatoms. The molecule has 2 aromatic heterocycles. The number of aromatic nitrogens is 2. The molecule has 162 valence electrons. The lowest BCUT2D eigenvalue weighted by Gasteiger charge is -2.24. The van der Waals surface area contributed by atoms with E-state index in [0.29, 0.717) is 12.1 Å². The molecule has 1 atom stereocenters. The fraction of sp³-hybridized carbons (Fsp3) is 0.231. The molecule has 6 nitrogen and oxygen atoms in total. The van der Waals surface area contributed by atoms with E-state index in [2.05, 4.69) is 16.9 Å². The summed E-state index contributed by atoms with van der Waals surface area (Å²) < 4.78 is 0. The van der Waals surface area contributed by atoms with Crippen LogP contribution in [0.25, 0.3) is 27.6 Å². The Balaban J connectivity index is 1.71. The Morgan fingerprint density at radius 1 is 0.938 bits per heavy atom. The van der Waals surface area contributed by atoms with Gasteiger partial charge in [-0.3, -0.25) is 9.59 Å². The molecule has 1 saturated heterocycles. The number of para-hydroxylation sites is 2. The molecule has 2 aromatic carbocycles. The van der Waals surface area contributed by atoms with Gasteiger partial charge in [0.15, 0.2) is 0 Å². The zero-order valence-corrected chi connectivity index (χ0v) is 17.9. The van der Waals surface area contributed by atoms with Crippen molar-refractivity contribution in [3.63, 3.8) is 0 Å². The molecule has 0 radical (unpaired) electrons. The van der Waals surface area contributed by atoms with Crippen molar-refractivity contribution in [1.29, 1.82) is 0 Å². The zero-order valence-electron chi connectivity index (χ0n) is 17.9. The molecule has 0 bridgehead atoms. The number of likely N-dealkylation sites (tertiary alicyclic amines) is 1. The Morgan fingerprint density at radius 3 is 2.34 bits per heavy atom. The maximum Gasteiger partial charge on any atom is 0.295 e. The maximum atomic E-state index is 13.2. The Hall–Kier alpha value is -3.80. The monoisotopic (exact) mass is 427 g/mol. The molecule has 1 aliphatic rings. The lowest BCUT2D eigenvalue weighted by molar-refractivity contribution is -0.139. The molecule has 0 saturated carbocycles. The van der Waals surface area contributed by atoms with Gasteiger partial charge in [0.1, 0.15) is 5.76 Å². The molecule has 1 fully saturated rings. The Bertz CT molecular complexity index is 1360. The molecule has 4 aromatic rings. The van der Waals surface area contributed by atoms with Crippen LogP contribution >= 0.6 is 0 Å². The van der Waals surface area contributed by atoms with Crippen molar-refractivity contribution in [2.75, 3.05) is 6.54 Å². The molecular weight excluding hydrogens is 402 g/mol. The van der Waals surface area contributed by atoms with Crippen LogP contribution < -0.4 is 0 Å². The summed E-state index contributed by atoms with van der Waals surface area (Å²) in [5, 5.41) is 13.1. The van der Waals surface area contributed by atoms with Gasteiger partial charge in [0.05, 0.1) is 11.6 Å². The van der Waals surface area contributed by atoms with Crippen molar-refractivity contribution >= 4 is 39.3 Å². The lowest BCUT2D eigenvalue weighted by atomic mass is 9.94. The summed E-state index contributed by atoms with van der Waals surface area (Å²) in [5.41, 5.74) is 3.26. The van der Waals surface area contributed by atoms with Crippen LogP contribution in [0.4, 0.5) is 0 Å². The molecule has 1 aliphatic heterocycles. The van der Waals surface area contributed by atoms with E-state index < -0.39 is 17.7 Å². The molecule has 1 amide bonds. The van der Waals surface area contributed by atoms with Crippen molar-refractivity contribution in [2.45, 2.75) is 32.2 Å². The third-order valence-electron chi connectivity index (χ3n) is 6.30. The second-order valence-electron chi connectivity index (χ2n) is 8.24. The van der Waals surface area contributed by atoms with Gasteiger partial charge >= 0.3 is 0 Å². The standard InChI is InChI=1S/C26H25N3O3/c1-2-3-8-13-29-23(18-14-27-20-11-6-4-9-16(18)20)22(25(31)26(29)32)24(30)19-15-28-21-12-7-5-10-17(19)21/h4-7,9-12,14-15,23,27-28,30H,2-3,8,13H2,1H3/b24-22+. The number of unbranched alkanes of at least 4 members (excludes halogenated alkanes) is 2. The first-order valence-electron chi connectivity index (χ1n) is 11.0. The lowest BCUT2D eigenvalue weighted by Crippen LogP contribution is -2.30. The summed E-state index contributed by atoms with van der Waals surface area (Å²) in [6.45, 7) is 2.57. The topological polar surface area (TPSA) is 89.2 Å². The van der Waals surface area contributed by atoms with Crippen LogP contribution in [0.15, 0.2) is 66.5 Å². The SMILES string of the molecule is CCCCCN1C(=O)C(=O)/C(=C(/O)c2c[nH]c3ccccc23)C1c1c[nH]c2ccccc12. The number of hydrogen-bond donors (Lipinski definition) is 3. The molecule has 5 rings (SSSR count). The molecular formula is C26H25N3O3. The normalized spacial score (nSPS) is 18.3. The van der Waals surface area contributed by atoms with Gasteiger partial charge in [-0.2, -0.15) is 0 Å². The van der Waals surface area contributed by atoms with Gasteiger partial charge in [0.2, 0.25) is 0 Å². The van der Waals surface area contributed by atoms with Gasteiger partial charge in [-0.15, -0.1) is 0 Å². The Labute approximate surface area is 185 Å². The third kappa shape index (κ3) is 3.11. The summed E-state index contributed by atoms with van der Waals surface area (Å²) in [4.78, 5) is 34.3. The minimum atomic E-state index is -0.642. The number of aliphatic hydroxyl groups excluding tert-OH is 1. The van der Waals surface area contributed by atoms with E-state index in [1.807, 2.05) is 54.7 Å². The number of ketones is 1. The fourth-order valence-electron chi connectivity index (χ4n) is 4.70. The van der Waals surface area contributed by atoms with E-state index in [1.54, 1.807) is 11.1 Å². The van der Waals surface area contributed by atoms with E-state index in [4.69, 9.17) is 0 Å². The molecule has 32 heavy (non-hydrogen) atoms. The number of rotatable bonds is 6. The number of hydrogen-bond acceptors (Lipinski definition) is 3. The number of amides is 1. The van der Waals surface area contributed by atoms with E-state index in [9.17, 15) is 14.7 Å². The molecule has 3 heterocycles. The number of benzene rings is 2. The minimum absolute atomic E-state index is 0.140. The number of Topliss-reactive ketones (excluding diaryl/α,β-unsaturated/α-hetero) is 1. The Kier molecular flexibility index (Phi) is 5.05. The number of carbonyl (C=O) groups is 2. The van der Waals surface area contributed by atoms with Gasteiger partial charge in [0, 0.05) is 51.9 Å². The van der Waals surface area contributed by atoms with E-state index in [1.165, 1.54) is 0 Å². The van der Waals surface area contributed by atoms with Crippen LogP contribution in [0, 0.1) is 0 Å². The first-order valence-corrected chi connectivity index (χ1v) is 11.0. The number of fused-ring (bicyclic) bond motifs is 2. The average molecular weight is 428 g/mol. The van der Waals surface area contributed by atoms with Crippen molar-refractivity contribution in [2.24, 2.45) is 0 Å². The predicted molar refractivity (Wildman–Crippen MR) is 125 cm³/mol. The van der Waals surface area contributed by atoms with Gasteiger partial charge in [-0.25, -0.2) is 0 Å². The van der Waals surface area contributed by atoms with Crippen LogP contribution in [0.3, 0.4) is 0 Å². The van der Waals surface area contributed by atoms with Crippen LogP contribution in [0.5, 0.6) is 0 Å².